The van der Waals surface area contributed by atoms with Crippen LogP contribution in [-0.4, -0.2) is 4.98 Å². The Morgan fingerprint density at radius 2 is 2.00 bits per heavy atom. The number of oxazole rings is 1. The van der Waals surface area contributed by atoms with Gasteiger partial charge >= 0.3 is 0 Å². The Labute approximate surface area is 102 Å². The smallest absolute Gasteiger partial charge is 0.266 e. The van der Waals surface area contributed by atoms with Crippen LogP contribution in [0.4, 0.5) is 0 Å². The molecule has 2 nitrogen and oxygen atoms in total. The molecule has 2 rings (SSSR count). The first kappa shape index (κ1) is 10.9. The SMILES string of the molecule is CC(C)(C)c1cc(Br)c2oc(=S)[nH]c2c1. The number of hydrogen-bond acceptors (Lipinski definition) is 2. The highest BCUT2D eigenvalue weighted by Crippen LogP contribution is 2.31. The summed E-state index contributed by atoms with van der Waals surface area (Å²) in [6.07, 6.45) is 0. The van der Waals surface area contributed by atoms with E-state index in [0.717, 1.165) is 15.6 Å². The van der Waals surface area contributed by atoms with Crippen LogP contribution >= 0.6 is 28.1 Å². The molecule has 15 heavy (non-hydrogen) atoms. The maximum Gasteiger partial charge on any atom is 0.266 e. The summed E-state index contributed by atoms with van der Waals surface area (Å²) in [4.78, 5) is 3.44. The Balaban J connectivity index is 2.78. The molecule has 0 aliphatic heterocycles. The summed E-state index contributed by atoms with van der Waals surface area (Å²) >= 11 is 8.46. The average Bonchev–Trinajstić information content (AvgIpc) is 2.44. The lowest BCUT2D eigenvalue weighted by Crippen LogP contribution is -2.10. The molecule has 0 bridgehead atoms. The van der Waals surface area contributed by atoms with Crippen LogP contribution in [0.25, 0.3) is 11.1 Å². The Morgan fingerprint density at radius 3 is 2.60 bits per heavy atom. The van der Waals surface area contributed by atoms with E-state index < -0.39 is 0 Å². The lowest BCUT2D eigenvalue weighted by atomic mass is 9.87. The van der Waals surface area contributed by atoms with Crippen LogP contribution in [-0.2, 0) is 5.41 Å². The number of rotatable bonds is 0. The van der Waals surface area contributed by atoms with Gasteiger partial charge in [0.2, 0.25) is 0 Å². The molecular formula is C11H12BrNOS. The lowest BCUT2D eigenvalue weighted by molar-refractivity contribution is 0.579. The maximum absolute atomic E-state index is 5.38. The monoisotopic (exact) mass is 285 g/mol. The largest absolute Gasteiger partial charge is 0.428 e. The third-order valence-electron chi connectivity index (χ3n) is 2.34. The minimum absolute atomic E-state index is 0.115. The summed E-state index contributed by atoms with van der Waals surface area (Å²) in [6.45, 7) is 6.53. The van der Waals surface area contributed by atoms with Gasteiger partial charge in [-0.15, -0.1) is 0 Å². The zero-order valence-corrected chi connectivity index (χ0v) is 11.3. The molecule has 0 spiro atoms. The Morgan fingerprint density at radius 1 is 1.33 bits per heavy atom. The second-order valence-electron chi connectivity index (χ2n) is 4.60. The molecule has 0 radical (unpaired) electrons. The molecule has 1 aromatic heterocycles. The van der Waals surface area contributed by atoms with E-state index >= 15 is 0 Å². The van der Waals surface area contributed by atoms with E-state index in [2.05, 4.69) is 53.8 Å². The quantitative estimate of drug-likeness (QED) is 0.720. The van der Waals surface area contributed by atoms with Crippen LogP contribution in [0.2, 0.25) is 0 Å². The number of aromatic nitrogens is 1. The molecule has 0 fully saturated rings. The molecule has 0 amide bonds. The fourth-order valence-corrected chi connectivity index (χ4v) is 2.19. The number of hydrogen-bond donors (Lipinski definition) is 1. The molecule has 1 heterocycles. The van der Waals surface area contributed by atoms with Crippen molar-refractivity contribution in [3.05, 3.63) is 27.0 Å². The number of nitrogens with one attached hydrogen (secondary N) is 1. The zero-order chi connectivity index (χ0) is 11.2. The summed E-state index contributed by atoms with van der Waals surface area (Å²) < 4.78 is 6.32. The van der Waals surface area contributed by atoms with Crippen molar-refractivity contribution < 1.29 is 4.42 Å². The van der Waals surface area contributed by atoms with E-state index in [4.69, 9.17) is 16.6 Å². The first-order chi connectivity index (χ1) is 6.88. The van der Waals surface area contributed by atoms with Gasteiger partial charge in [0.15, 0.2) is 5.58 Å². The van der Waals surface area contributed by atoms with Crippen molar-refractivity contribution >= 4 is 39.2 Å². The third-order valence-corrected chi connectivity index (χ3v) is 3.12. The first-order valence-corrected chi connectivity index (χ1v) is 5.91. The molecule has 0 unspecified atom stereocenters. The van der Waals surface area contributed by atoms with Crippen molar-refractivity contribution in [3.63, 3.8) is 0 Å². The van der Waals surface area contributed by atoms with Crippen molar-refractivity contribution in [1.82, 2.24) is 4.98 Å². The van der Waals surface area contributed by atoms with Crippen LogP contribution in [0.5, 0.6) is 0 Å². The molecular weight excluding hydrogens is 274 g/mol. The van der Waals surface area contributed by atoms with E-state index in [1.807, 2.05) is 0 Å². The van der Waals surface area contributed by atoms with Crippen LogP contribution in [0.3, 0.4) is 0 Å². The fraction of sp³-hybridized carbons (Fsp3) is 0.364. The molecule has 4 heteroatoms. The van der Waals surface area contributed by atoms with Crippen molar-refractivity contribution in [3.8, 4) is 0 Å². The number of fused-ring (bicyclic) bond motifs is 1. The Hall–Kier alpha value is -0.610. The molecule has 1 aromatic carbocycles. The number of halogens is 1. The third kappa shape index (κ3) is 2.01. The standard InChI is InChI=1S/C11H12BrNOS/c1-11(2,3)6-4-7(12)9-8(5-6)13-10(15)14-9/h4-5H,1-3H3,(H,13,15). The van der Waals surface area contributed by atoms with E-state index in [1.165, 1.54) is 5.56 Å². The van der Waals surface area contributed by atoms with Gasteiger partial charge in [-0.25, -0.2) is 0 Å². The second kappa shape index (κ2) is 3.46. The molecule has 0 aliphatic rings. The van der Waals surface area contributed by atoms with Gasteiger partial charge in [-0.2, -0.15) is 0 Å². The van der Waals surface area contributed by atoms with E-state index in [-0.39, 0.29) is 5.41 Å². The summed E-state index contributed by atoms with van der Waals surface area (Å²) in [7, 11) is 0. The van der Waals surface area contributed by atoms with Gasteiger partial charge in [0.25, 0.3) is 4.84 Å². The maximum atomic E-state index is 5.38. The van der Waals surface area contributed by atoms with E-state index in [9.17, 15) is 0 Å². The summed E-state index contributed by atoms with van der Waals surface area (Å²) in [5, 5.41) is 0. The summed E-state index contributed by atoms with van der Waals surface area (Å²) in [5.41, 5.74) is 3.09. The minimum Gasteiger partial charge on any atom is -0.428 e. The lowest BCUT2D eigenvalue weighted by Gasteiger charge is -2.19. The minimum atomic E-state index is 0.115. The highest BCUT2D eigenvalue weighted by Gasteiger charge is 2.16. The molecule has 2 aromatic rings. The first-order valence-electron chi connectivity index (χ1n) is 4.71. The van der Waals surface area contributed by atoms with Crippen LogP contribution in [0, 0.1) is 4.84 Å². The molecule has 0 saturated carbocycles. The van der Waals surface area contributed by atoms with Crippen molar-refractivity contribution in [2.75, 3.05) is 0 Å². The molecule has 80 valence electrons. The van der Waals surface area contributed by atoms with Gasteiger partial charge in [-0.05, 0) is 51.3 Å². The normalized spacial score (nSPS) is 12.3. The van der Waals surface area contributed by atoms with Crippen molar-refractivity contribution in [2.45, 2.75) is 26.2 Å². The predicted octanol–water partition coefficient (Wildman–Crippen LogP) is 4.55. The Bertz CT molecular complexity index is 562. The van der Waals surface area contributed by atoms with Crippen molar-refractivity contribution in [2.24, 2.45) is 0 Å². The second-order valence-corrected chi connectivity index (χ2v) is 5.82. The zero-order valence-electron chi connectivity index (χ0n) is 8.85. The van der Waals surface area contributed by atoms with Gasteiger partial charge in [0.05, 0.1) is 9.99 Å². The molecule has 0 atom stereocenters. The van der Waals surface area contributed by atoms with Crippen molar-refractivity contribution in [1.29, 1.82) is 0 Å². The van der Waals surface area contributed by atoms with Gasteiger partial charge in [0.1, 0.15) is 0 Å². The predicted molar refractivity (Wildman–Crippen MR) is 67.8 cm³/mol. The molecule has 0 saturated heterocycles. The van der Waals surface area contributed by atoms with Gasteiger partial charge in [-0.1, -0.05) is 20.8 Å². The van der Waals surface area contributed by atoms with E-state index in [1.54, 1.807) is 0 Å². The number of aromatic amines is 1. The van der Waals surface area contributed by atoms with E-state index in [0.29, 0.717) is 4.84 Å². The Kier molecular flexibility index (Phi) is 2.51. The average molecular weight is 286 g/mol. The van der Waals surface area contributed by atoms with Crippen LogP contribution < -0.4 is 0 Å². The van der Waals surface area contributed by atoms with Gasteiger partial charge in [0, 0.05) is 0 Å². The summed E-state index contributed by atoms with van der Waals surface area (Å²) in [5.74, 6) is 0. The van der Waals surface area contributed by atoms with Crippen LogP contribution in [0.1, 0.15) is 26.3 Å². The van der Waals surface area contributed by atoms with Gasteiger partial charge in [-0.3, -0.25) is 0 Å². The highest BCUT2D eigenvalue weighted by atomic mass is 79.9. The number of benzene rings is 1. The highest BCUT2D eigenvalue weighted by molar-refractivity contribution is 9.10. The van der Waals surface area contributed by atoms with Gasteiger partial charge < -0.3 is 9.40 Å². The number of H-pyrrole nitrogens is 1. The van der Waals surface area contributed by atoms with Crippen LogP contribution in [0.15, 0.2) is 21.0 Å². The molecule has 0 aliphatic carbocycles. The molecule has 1 N–H and O–H groups in total. The summed E-state index contributed by atoms with van der Waals surface area (Å²) in [6, 6.07) is 4.16. The fourth-order valence-electron chi connectivity index (χ4n) is 1.45. The topological polar surface area (TPSA) is 28.9 Å².